The molecule has 0 unspecified atom stereocenters. The Labute approximate surface area is 149 Å². The molecule has 0 saturated heterocycles. The van der Waals surface area contributed by atoms with Crippen LogP contribution in [0.25, 0.3) is 0 Å². The lowest BCUT2D eigenvalue weighted by atomic mass is 10.2. The first-order valence-electron chi connectivity index (χ1n) is 7.27. The highest BCUT2D eigenvalue weighted by molar-refractivity contribution is 6.29. The Morgan fingerprint density at radius 1 is 1.08 bits per heavy atom. The monoisotopic (exact) mass is 361 g/mol. The maximum Gasteiger partial charge on any atom is 0.340 e. The number of halogens is 1. The van der Waals surface area contributed by atoms with Gasteiger partial charge in [0.1, 0.15) is 5.15 Å². The summed E-state index contributed by atoms with van der Waals surface area (Å²) in [5.41, 5.74) is 1.19. The molecule has 8 heteroatoms. The van der Waals surface area contributed by atoms with E-state index in [1.54, 1.807) is 38.4 Å². The van der Waals surface area contributed by atoms with Gasteiger partial charge in [0.05, 0.1) is 5.56 Å². The van der Waals surface area contributed by atoms with Crippen LogP contribution >= 0.6 is 11.6 Å². The number of nitrogens with one attached hydrogen (secondary N) is 1. The smallest absolute Gasteiger partial charge is 0.340 e. The average Bonchev–Trinajstić information content (AvgIpc) is 2.60. The molecule has 1 aromatic heterocycles. The van der Waals surface area contributed by atoms with Crippen LogP contribution in [-0.4, -0.2) is 48.4 Å². The normalized spacial score (nSPS) is 10.0. The van der Waals surface area contributed by atoms with Gasteiger partial charge in [-0.3, -0.25) is 9.59 Å². The number of carbonyl (C=O) groups excluding carboxylic acids is 3. The highest BCUT2D eigenvalue weighted by Crippen LogP contribution is 2.11. The number of pyridine rings is 1. The second-order valence-corrected chi connectivity index (χ2v) is 5.66. The van der Waals surface area contributed by atoms with Crippen molar-refractivity contribution in [2.45, 2.75) is 0 Å². The molecule has 2 amide bonds. The molecule has 1 N–H and O–H groups in total. The summed E-state index contributed by atoms with van der Waals surface area (Å²) in [5, 5.41) is 2.83. The zero-order valence-corrected chi connectivity index (χ0v) is 14.4. The third-order valence-electron chi connectivity index (χ3n) is 3.12. The zero-order chi connectivity index (χ0) is 18.4. The molecule has 0 spiro atoms. The molecule has 0 aliphatic carbocycles. The Balaban J connectivity index is 1.86. The number of carbonyl (C=O) groups is 3. The fourth-order valence-electron chi connectivity index (χ4n) is 1.86. The van der Waals surface area contributed by atoms with Crippen LogP contribution in [0, 0.1) is 0 Å². The standard InChI is InChI=1S/C17H16ClN3O4/c1-21(2)16(23)11-3-6-13(7-4-11)20-15(22)10-25-17(24)12-5-8-14(18)19-9-12/h3-9H,10H2,1-2H3,(H,20,22). The number of nitrogens with zero attached hydrogens (tertiary/aromatic N) is 2. The fourth-order valence-corrected chi connectivity index (χ4v) is 1.97. The predicted octanol–water partition coefficient (Wildman–Crippen LogP) is 2.23. The van der Waals surface area contributed by atoms with E-state index in [-0.39, 0.29) is 16.6 Å². The lowest BCUT2D eigenvalue weighted by Gasteiger charge is -2.11. The third kappa shape index (κ3) is 5.29. The molecule has 25 heavy (non-hydrogen) atoms. The summed E-state index contributed by atoms with van der Waals surface area (Å²) in [4.78, 5) is 40.6. The second kappa shape index (κ2) is 8.25. The molecule has 2 rings (SSSR count). The van der Waals surface area contributed by atoms with E-state index in [0.29, 0.717) is 11.3 Å². The highest BCUT2D eigenvalue weighted by atomic mass is 35.5. The number of anilines is 1. The number of ether oxygens (including phenoxy) is 1. The first-order chi connectivity index (χ1) is 11.9. The van der Waals surface area contributed by atoms with E-state index >= 15 is 0 Å². The molecule has 130 valence electrons. The third-order valence-corrected chi connectivity index (χ3v) is 3.34. The molecular formula is C17H16ClN3O4. The van der Waals surface area contributed by atoms with E-state index in [1.807, 2.05) is 0 Å². The summed E-state index contributed by atoms with van der Waals surface area (Å²) in [6, 6.07) is 9.30. The summed E-state index contributed by atoms with van der Waals surface area (Å²) in [5.74, 6) is -1.31. The number of hydrogen-bond acceptors (Lipinski definition) is 5. The molecule has 0 bridgehead atoms. The first kappa shape index (κ1) is 18.4. The van der Waals surface area contributed by atoms with Crippen molar-refractivity contribution in [1.29, 1.82) is 0 Å². The van der Waals surface area contributed by atoms with E-state index in [2.05, 4.69) is 10.3 Å². The molecule has 0 saturated carbocycles. The van der Waals surface area contributed by atoms with Gasteiger partial charge in [-0.1, -0.05) is 11.6 Å². The van der Waals surface area contributed by atoms with Crippen LogP contribution in [0.3, 0.4) is 0 Å². The fraction of sp³-hybridized carbons (Fsp3) is 0.176. The number of rotatable bonds is 5. The Morgan fingerprint density at radius 3 is 2.28 bits per heavy atom. The molecule has 0 radical (unpaired) electrons. The molecular weight excluding hydrogens is 346 g/mol. The minimum absolute atomic E-state index is 0.136. The van der Waals surface area contributed by atoms with E-state index in [9.17, 15) is 14.4 Å². The molecule has 0 aliphatic heterocycles. The van der Waals surface area contributed by atoms with Gasteiger partial charge in [0.2, 0.25) is 0 Å². The van der Waals surface area contributed by atoms with Gasteiger partial charge in [-0.05, 0) is 36.4 Å². The first-order valence-corrected chi connectivity index (χ1v) is 7.65. The maximum atomic E-state index is 11.8. The second-order valence-electron chi connectivity index (χ2n) is 5.27. The van der Waals surface area contributed by atoms with Gasteiger partial charge in [-0.15, -0.1) is 0 Å². The maximum absolute atomic E-state index is 11.8. The van der Waals surface area contributed by atoms with Crippen LogP contribution in [0.1, 0.15) is 20.7 Å². The van der Waals surface area contributed by atoms with Crippen LogP contribution in [0.4, 0.5) is 5.69 Å². The Hall–Kier alpha value is -2.93. The van der Waals surface area contributed by atoms with Crippen LogP contribution in [0.5, 0.6) is 0 Å². The van der Waals surface area contributed by atoms with Gasteiger partial charge in [0.15, 0.2) is 6.61 Å². The van der Waals surface area contributed by atoms with Crippen molar-refractivity contribution in [3.05, 3.63) is 58.9 Å². The van der Waals surface area contributed by atoms with Gasteiger partial charge >= 0.3 is 5.97 Å². The van der Waals surface area contributed by atoms with Crippen molar-refractivity contribution >= 4 is 35.1 Å². The Bertz CT molecular complexity index is 773. The van der Waals surface area contributed by atoms with Crippen molar-refractivity contribution in [2.24, 2.45) is 0 Å². The molecule has 0 aliphatic rings. The largest absolute Gasteiger partial charge is 0.452 e. The molecule has 1 heterocycles. The van der Waals surface area contributed by atoms with Crippen molar-refractivity contribution in [1.82, 2.24) is 9.88 Å². The summed E-state index contributed by atoms with van der Waals surface area (Å²) in [6.45, 7) is -0.445. The highest BCUT2D eigenvalue weighted by Gasteiger charge is 2.12. The van der Waals surface area contributed by atoms with Crippen molar-refractivity contribution < 1.29 is 19.1 Å². The van der Waals surface area contributed by atoms with Gasteiger partial charge in [-0.2, -0.15) is 0 Å². The number of benzene rings is 1. The summed E-state index contributed by atoms with van der Waals surface area (Å²) < 4.78 is 4.90. The van der Waals surface area contributed by atoms with E-state index < -0.39 is 18.5 Å². The van der Waals surface area contributed by atoms with Gasteiger partial charge in [0, 0.05) is 31.5 Å². The van der Waals surface area contributed by atoms with Crippen LogP contribution in [0.2, 0.25) is 5.15 Å². The molecule has 1 aromatic carbocycles. The molecule has 0 fully saturated rings. The van der Waals surface area contributed by atoms with Crippen LogP contribution in [0.15, 0.2) is 42.6 Å². The number of esters is 1. The van der Waals surface area contributed by atoms with Gasteiger partial charge in [0.25, 0.3) is 11.8 Å². The Morgan fingerprint density at radius 2 is 1.72 bits per heavy atom. The topological polar surface area (TPSA) is 88.6 Å². The van der Waals surface area contributed by atoms with Crippen LogP contribution < -0.4 is 5.32 Å². The number of hydrogen-bond donors (Lipinski definition) is 1. The van der Waals surface area contributed by atoms with Gasteiger partial charge < -0.3 is 15.0 Å². The van der Waals surface area contributed by atoms with Crippen LogP contribution in [-0.2, 0) is 9.53 Å². The van der Waals surface area contributed by atoms with Crippen molar-refractivity contribution in [2.75, 3.05) is 26.0 Å². The Kier molecular flexibility index (Phi) is 6.08. The summed E-state index contributed by atoms with van der Waals surface area (Å²) in [7, 11) is 3.31. The molecule has 0 atom stereocenters. The minimum atomic E-state index is -0.675. The zero-order valence-electron chi connectivity index (χ0n) is 13.7. The summed E-state index contributed by atoms with van der Waals surface area (Å²) in [6.07, 6.45) is 1.27. The molecule has 7 nitrogen and oxygen atoms in total. The predicted molar refractivity (Wildman–Crippen MR) is 92.6 cm³/mol. The van der Waals surface area contributed by atoms with E-state index in [0.717, 1.165) is 0 Å². The van der Waals surface area contributed by atoms with E-state index in [4.69, 9.17) is 16.3 Å². The average molecular weight is 362 g/mol. The van der Waals surface area contributed by atoms with E-state index in [1.165, 1.54) is 23.2 Å². The number of amides is 2. The quantitative estimate of drug-likeness (QED) is 0.651. The lowest BCUT2D eigenvalue weighted by Crippen LogP contribution is -2.22. The van der Waals surface area contributed by atoms with Crippen molar-refractivity contribution in [3.8, 4) is 0 Å². The van der Waals surface area contributed by atoms with Crippen molar-refractivity contribution in [3.63, 3.8) is 0 Å². The number of aromatic nitrogens is 1. The summed E-state index contributed by atoms with van der Waals surface area (Å²) >= 11 is 5.63. The van der Waals surface area contributed by atoms with Gasteiger partial charge in [-0.25, -0.2) is 9.78 Å². The molecule has 2 aromatic rings. The minimum Gasteiger partial charge on any atom is -0.452 e. The lowest BCUT2D eigenvalue weighted by molar-refractivity contribution is -0.119. The SMILES string of the molecule is CN(C)C(=O)c1ccc(NC(=O)COC(=O)c2ccc(Cl)nc2)cc1.